The van der Waals surface area contributed by atoms with E-state index in [1.807, 2.05) is 0 Å². The van der Waals surface area contributed by atoms with E-state index in [1.54, 1.807) is 29.2 Å². The average Bonchev–Trinajstić information content (AvgIpc) is 2.99. The van der Waals surface area contributed by atoms with Crippen molar-refractivity contribution in [2.75, 3.05) is 6.54 Å². The van der Waals surface area contributed by atoms with Gasteiger partial charge in [0.05, 0.1) is 5.69 Å². The van der Waals surface area contributed by atoms with Crippen LogP contribution in [0.2, 0.25) is 0 Å². The van der Waals surface area contributed by atoms with Gasteiger partial charge in [0.1, 0.15) is 12.4 Å². The Morgan fingerprint density at radius 1 is 1.19 bits per heavy atom. The first-order chi connectivity index (χ1) is 12.3. The zero-order valence-electron chi connectivity index (χ0n) is 14.2. The molecule has 0 atom stereocenters. The van der Waals surface area contributed by atoms with Gasteiger partial charge in [0.15, 0.2) is 0 Å². The first kappa shape index (κ1) is 18.4. The van der Waals surface area contributed by atoms with E-state index >= 15 is 0 Å². The van der Waals surface area contributed by atoms with Crippen LogP contribution in [-0.4, -0.2) is 22.3 Å². The van der Waals surface area contributed by atoms with Gasteiger partial charge >= 0.3 is 6.18 Å². The molecule has 1 aromatic carbocycles. The number of hydrogen-bond donors (Lipinski definition) is 0. The van der Waals surface area contributed by atoms with E-state index in [4.69, 9.17) is 0 Å². The second kappa shape index (κ2) is 7.05. The van der Waals surface area contributed by atoms with E-state index < -0.39 is 18.5 Å². The monoisotopic (exact) mass is 366 g/mol. The predicted molar refractivity (Wildman–Crippen MR) is 88.9 cm³/mol. The third-order valence-corrected chi connectivity index (χ3v) is 4.54. The molecule has 0 aliphatic carbocycles. The smallest absolute Gasteiger partial charge is 0.338 e. The number of carbonyl (C=O) groups is 1. The standard InChI is InChI=1S/C19H18F4N2O/c1-12-9-16(19(21,22)23)24-18(15(12)10-20)14-6-4-13(5-7-14)11-25-8-2-3-17(25)26/h4-7,9H,2-3,8,10-11H2,1H3. The van der Waals surface area contributed by atoms with E-state index in [2.05, 4.69) is 4.98 Å². The number of aromatic nitrogens is 1. The zero-order chi connectivity index (χ0) is 18.9. The van der Waals surface area contributed by atoms with Crippen LogP contribution in [0.4, 0.5) is 17.6 Å². The summed E-state index contributed by atoms with van der Waals surface area (Å²) in [5, 5.41) is 0. The average molecular weight is 366 g/mol. The van der Waals surface area contributed by atoms with Crippen molar-refractivity contribution in [1.82, 2.24) is 9.88 Å². The van der Waals surface area contributed by atoms with Crippen molar-refractivity contribution in [2.24, 2.45) is 0 Å². The molecular formula is C19H18F4N2O. The molecule has 0 saturated carbocycles. The molecule has 26 heavy (non-hydrogen) atoms. The van der Waals surface area contributed by atoms with Crippen LogP contribution >= 0.6 is 0 Å². The van der Waals surface area contributed by atoms with Gasteiger partial charge in [-0.15, -0.1) is 0 Å². The van der Waals surface area contributed by atoms with Gasteiger partial charge in [0.25, 0.3) is 0 Å². The van der Waals surface area contributed by atoms with Gasteiger partial charge < -0.3 is 4.90 Å². The molecule has 0 radical (unpaired) electrons. The van der Waals surface area contributed by atoms with E-state index in [-0.39, 0.29) is 22.7 Å². The number of hydrogen-bond acceptors (Lipinski definition) is 2. The second-order valence-corrected chi connectivity index (χ2v) is 6.40. The summed E-state index contributed by atoms with van der Waals surface area (Å²) in [5.41, 5.74) is 0.632. The lowest BCUT2D eigenvalue weighted by Crippen LogP contribution is -2.23. The number of amides is 1. The molecule has 1 aliphatic heterocycles. The number of pyridine rings is 1. The van der Waals surface area contributed by atoms with E-state index in [0.717, 1.165) is 18.1 Å². The highest BCUT2D eigenvalue weighted by molar-refractivity contribution is 5.78. The molecule has 0 spiro atoms. The molecular weight excluding hydrogens is 348 g/mol. The Bertz CT molecular complexity index is 816. The van der Waals surface area contributed by atoms with E-state index in [9.17, 15) is 22.4 Å². The number of carbonyl (C=O) groups excluding carboxylic acids is 1. The third kappa shape index (κ3) is 3.71. The zero-order valence-corrected chi connectivity index (χ0v) is 14.2. The highest BCUT2D eigenvalue weighted by Crippen LogP contribution is 2.33. The number of likely N-dealkylation sites (tertiary alicyclic amines) is 1. The minimum Gasteiger partial charge on any atom is -0.338 e. The molecule has 1 aliphatic rings. The molecule has 0 unspecified atom stereocenters. The van der Waals surface area contributed by atoms with E-state index in [1.165, 1.54) is 6.92 Å². The molecule has 0 bridgehead atoms. The molecule has 0 N–H and O–H groups in total. The van der Waals surface area contributed by atoms with Gasteiger partial charge in [0, 0.05) is 30.6 Å². The molecule has 1 saturated heterocycles. The van der Waals surface area contributed by atoms with Crippen LogP contribution in [0.1, 0.15) is 35.2 Å². The number of halogens is 4. The van der Waals surface area contributed by atoms with Crippen molar-refractivity contribution in [3.63, 3.8) is 0 Å². The van der Waals surface area contributed by atoms with Crippen LogP contribution in [0, 0.1) is 6.92 Å². The van der Waals surface area contributed by atoms with Gasteiger partial charge in [-0.1, -0.05) is 24.3 Å². The van der Waals surface area contributed by atoms with Crippen molar-refractivity contribution in [1.29, 1.82) is 0 Å². The summed E-state index contributed by atoms with van der Waals surface area (Å²) in [7, 11) is 0. The number of benzene rings is 1. The molecule has 7 heteroatoms. The molecule has 2 aromatic rings. The summed E-state index contributed by atoms with van der Waals surface area (Å²) in [5.74, 6) is 0.101. The topological polar surface area (TPSA) is 33.2 Å². The fraction of sp³-hybridized carbons (Fsp3) is 0.368. The predicted octanol–water partition coefficient (Wildman–Crippen LogP) is 4.67. The van der Waals surface area contributed by atoms with Crippen LogP contribution < -0.4 is 0 Å². The lowest BCUT2D eigenvalue weighted by molar-refractivity contribution is -0.141. The van der Waals surface area contributed by atoms with Crippen molar-refractivity contribution >= 4 is 5.91 Å². The number of alkyl halides is 4. The highest BCUT2D eigenvalue weighted by Gasteiger charge is 2.34. The quantitative estimate of drug-likeness (QED) is 0.737. The number of aryl methyl sites for hydroxylation is 1. The van der Waals surface area contributed by atoms with Crippen LogP contribution in [-0.2, 0) is 24.2 Å². The van der Waals surface area contributed by atoms with Crippen molar-refractivity contribution < 1.29 is 22.4 Å². The third-order valence-electron chi connectivity index (χ3n) is 4.54. The first-order valence-corrected chi connectivity index (χ1v) is 8.30. The Labute approximate surface area is 148 Å². The van der Waals surface area contributed by atoms with Crippen LogP contribution in [0.3, 0.4) is 0 Å². The van der Waals surface area contributed by atoms with Crippen LogP contribution in [0.15, 0.2) is 30.3 Å². The Hall–Kier alpha value is -2.44. The summed E-state index contributed by atoms with van der Waals surface area (Å²) < 4.78 is 52.5. The fourth-order valence-corrected chi connectivity index (χ4v) is 3.11. The van der Waals surface area contributed by atoms with Gasteiger partial charge in [-0.05, 0) is 30.5 Å². The first-order valence-electron chi connectivity index (χ1n) is 8.30. The molecule has 138 valence electrons. The summed E-state index contributed by atoms with van der Waals surface area (Å²) in [6.45, 7) is 1.73. The van der Waals surface area contributed by atoms with Crippen LogP contribution in [0.25, 0.3) is 11.3 Å². The maximum atomic E-state index is 13.4. The molecule has 3 rings (SSSR count). The SMILES string of the molecule is Cc1cc(C(F)(F)F)nc(-c2ccc(CN3CCCC3=O)cc2)c1CF. The summed E-state index contributed by atoms with van der Waals surface area (Å²) in [6, 6.07) is 7.58. The Morgan fingerprint density at radius 2 is 1.88 bits per heavy atom. The van der Waals surface area contributed by atoms with Gasteiger partial charge in [-0.25, -0.2) is 9.37 Å². The van der Waals surface area contributed by atoms with Crippen molar-refractivity contribution in [3.8, 4) is 11.3 Å². The summed E-state index contributed by atoms with van der Waals surface area (Å²) in [4.78, 5) is 17.1. The lowest BCUT2D eigenvalue weighted by Gasteiger charge is -2.17. The highest BCUT2D eigenvalue weighted by atomic mass is 19.4. The summed E-state index contributed by atoms with van der Waals surface area (Å²) >= 11 is 0. The van der Waals surface area contributed by atoms with Crippen molar-refractivity contribution in [2.45, 2.75) is 39.2 Å². The fourth-order valence-electron chi connectivity index (χ4n) is 3.11. The summed E-state index contributed by atoms with van der Waals surface area (Å²) in [6.07, 6.45) is -3.21. The largest absolute Gasteiger partial charge is 0.433 e. The molecule has 1 amide bonds. The van der Waals surface area contributed by atoms with Gasteiger partial charge in [-0.2, -0.15) is 13.2 Å². The molecule has 2 heterocycles. The van der Waals surface area contributed by atoms with Crippen LogP contribution in [0.5, 0.6) is 0 Å². The lowest BCUT2D eigenvalue weighted by atomic mass is 10.00. The minimum atomic E-state index is -4.59. The van der Waals surface area contributed by atoms with E-state index in [0.29, 0.717) is 25.1 Å². The number of nitrogens with zero attached hydrogens (tertiary/aromatic N) is 2. The Kier molecular flexibility index (Phi) is 4.98. The Balaban J connectivity index is 1.93. The normalized spacial score (nSPS) is 15.0. The molecule has 3 nitrogen and oxygen atoms in total. The minimum absolute atomic E-state index is 0.00336. The number of rotatable bonds is 4. The van der Waals surface area contributed by atoms with Gasteiger partial charge in [-0.3, -0.25) is 4.79 Å². The molecule has 1 fully saturated rings. The maximum absolute atomic E-state index is 13.4. The van der Waals surface area contributed by atoms with Crippen molar-refractivity contribution in [3.05, 3.63) is 52.7 Å². The maximum Gasteiger partial charge on any atom is 0.433 e. The van der Waals surface area contributed by atoms with Gasteiger partial charge in [0.2, 0.25) is 5.91 Å². The Morgan fingerprint density at radius 3 is 2.42 bits per heavy atom. The second-order valence-electron chi connectivity index (χ2n) is 6.40. The molecule has 1 aromatic heterocycles.